The minimum Gasteiger partial charge on any atom is -0.311 e. The monoisotopic (exact) mass is 314 g/mol. The average molecular weight is 315 g/mol. The van der Waals surface area contributed by atoms with E-state index in [1.54, 1.807) is 0 Å². The molecule has 2 nitrogen and oxygen atoms in total. The Bertz CT molecular complexity index is 454. The second kappa shape index (κ2) is 6.65. The number of benzene rings is 1. The molecule has 1 N–H and O–H groups in total. The van der Waals surface area contributed by atoms with Gasteiger partial charge in [-0.3, -0.25) is 4.90 Å². The first-order valence-electron chi connectivity index (χ1n) is 7.28. The van der Waals surface area contributed by atoms with Gasteiger partial charge in [0.2, 0.25) is 0 Å². The van der Waals surface area contributed by atoms with Crippen LogP contribution in [0.25, 0.3) is 0 Å². The molecule has 1 fully saturated rings. The lowest BCUT2D eigenvalue weighted by molar-refractivity contribution is 0.226. The number of nitrogens with one attached hydrogen (secondary N) is 1. The summed E-state index contributed by atoms with van der Waals surface area (Å²) >= 11 is 12.3. The van der Waals surface area contributed by atoms with Crippen LogP contribution in [0.1, 0.15) is 39.2 Å². The van der Waals surface area contributed by atoms with Crippen molar-refractivity contribution >= 4 is 23.2 Å². The predicted molar refractivity (Wildman–Crippen MR) is 87.6 cm³/mol. The van der Waals surface area contributed by atoms with Crippen LogP contribution in [0.2, 0.25) is 10.0 Å². The first-order chi connectivity index (χ1) is 9.35. The molecule has 1 aromatic carbocycles. The van der Waals surface area contributed by atoms with Gasteiger partial charge in [0.1, 0.15) is 0 Å². The largest absolute Gasteiger partial charge is 0.311 e. The van der Waals surface area contributed by atoms with Crippen molar-refractivity contribution in [2.24, 2.45) is 0 Å². The fraction of sp³-hybridized carbons (Fsp3) is 0.625. The summed E-state index contributed by atoms with van der Waals surface area (Å²) in [7, 11) is 0. The van der Waals surface area contributed by atoms with Crippen LogP contribution in [0.15, 0.2) is 18.2 Å². The Hall–Kier alpha value is -0.280. The van der Waals surface area contributed by atoms with Gasteiger partial charge in [0.25, 0.3) is 0 Å². The highest BCUT2D eigenvalue weighted by Gasteiger charge is 2.26. The van der Waals surface area contributed by atoms with Crippen molar-refractivity contribution in [3.8, 4) is 0 Å². The molecule has 0 bridgehead atoms. The van der Waals surface area contributed by atoms with Crippen LogP contribution < -0.4 is 5.32 Å². The van der Waals surface area contributed by atoms with E-state index >= 15 is 0 Å². The molecule has 20 heavy (non-hydrogen) atoms. The molecule has 1 heterocycles. The number of halogens is 2. The van der Waals surface area contributed by atoms with Crippen molar-refractivity contribution in [2.45, 2.75) is 51.7 Å². The van der Waals surface area contributed by atoms with Crippen LogP contribution in [0, 0.1) is 0 Å². The topological polar surface area (TPSA) is 15.3 Å². The van der Waals surface area contributed by atoms with Gasteiger partial charge in [-0.15, -0.1) is 0 Å². The van der Waals surface area contributed by atoms with Gasteiger partial charge in [-0.05, 0) is 63.9 Å². The summed E-state index contributed by atoms with van der Waals surface area (Å²) in [6.45, 7) is 9.68. The fourth-order valence-electron chi connectivity index (χ4n) is 2.64. The molecular weight excluding hydrogens is 291 g/mol. The lowest BCUT2D eigenvalue weighted by atomic mass is 10.1. The van der Waals surface area contributed by atoms with E-state index in [1.807, 2.05) is 18.2 Å². The molecule has 112 valence electrons. The van der Waals surface area contributed by atoms with Gasteiger partial charge in [-0.1, -0.05) is 23.2 Å². The molecule has 1 aliphatic heterocycles. The molecule has 0 spiro atoms. The number of likely N-dealkylation sites (tertiary alicyclic amines) is 1. The zero-order valence-corrected chi connectivity index (χ0v) is 14.1. The summed E-state index contributed by atoms with van der Waals surface area (Å²) in [6.07, 6.45) is 2.51. The Morgan fingerprint density at radius 2 is 2.05 bits per heavy atom. The molecule has 1 aliphatic rings. The maximum absolute atomic E-state index is 6.27. The van der Waals surface area contributed by atoms with E-state index < -0.39 is 0 Å². The van der Waals surface area contributed by atoms with E-state index in [9.17, 15) is 0 Å². The molecule has 2 rings (SSSR count). The SMILES string of the molecule is CC(C)(C)NCC1CCCN1Cc1cc(Cl)ccc1Cl. The molecule has 0 amide bonds. The van der Waals surface area contributed by atoms with E-state index in [0.717, 1.165) is 35.2 Å². The summed E-state index contributed by atoms with van der Waals surface area (Å²) in [6, 6.07) is 6.30. The highest BCUT2D eigenvalue weighted by Crippen LogP contribution is 2.26. The molecular formula is C16H24Cl2N2. The maximum atomic E-state index is 6.27. The highest BCUT2D eigenvalue weighted by atomic mass is 35.5. The van der Waals surface area contributed by atoms with E-state index in [-0.39, 0.29) is 5.54 Å². The summed E-state index contributed by atoms with van der Waals surface area (Å²) < 4.78 is 0. The summed E-state index contributed by atoms with van der Waals surface area (Å²) in [5, 5.41) is 5.17. The molecule has 1 unspecified atom stereocenters. The molecule has 4 heteroatoms. The van der Waals surface area contributed by atoms with E-state index in [2.05, 4.69) is 31.0 Å². The van der Waals surface area contributed by atoms with Crippen molar-refractivity contribution in [3.05, 3.63) is 33.8 Å². The molecule has 1 atom stereocenters. The van der Waals surface area contributed by atoms with Crippen molar-refractivity contribution in [3.63, 3.8) is 0 Å². The average Bonchev–Trinajstić information content (AvgIpc) is 2.78. The maximum Gasteiger partial charge on any atom is 0.0452 e. The molecule has 0 saturated carbocycles. The van der Waals surface area contributed by atoms with Crippen LogP contribution in [-0.2, 0) is 6.54 Å². The zero-order valence-electron chi connectivity index (χ0n) is 12.5. The van der Waals surface area contributed by atoms with Gasteiger partial charge < -0.3 is 5.32 Å². The van der Waals surface area contributed by atoms with Gasteiger partial charge in [-0.2, -0.15) is 0 Å². The van der Waals surface area contributed by atoms with E-state index in [0.29, 0.717) is 6.04 Å². The Balaban J connectivity index is 1.99. The third kappa shape index (κ3) is 4.63. The number of nitrogens with zero attached hydrogens (tertiary/aromatic N) is 1. The predicted octanol–water partition coefficient (Wildman–Crippen LogP) is 4.35. The second-order valence-electron chi connectivity index (χ2n) is 6.63. The second-order valence-corrected chi connectivity index (χ2v) is 7.48. The molecule has 0 aliphatic carbocycles. The Morgan fingerprint density at radius 1 is 1.30 bits per heavy atom. The standard InChI is InChI=1S/C16H24Cl2N2/c1-16(2,3)19-10-14-5-4-8-20(14)11-12-9-13(17)6-7-15(12)18/h6-7,9,14,19H,4-5,8,10-11H2,1-3H3. The van der Waals surface area contributed by atoms with Crippen molar-refractivity contribution in [1.82, 2.24) is 10.2 Å². The summed E-state index contributed by atoms with van der Waals surface area (Å²) in [4.78, 5) is 2.51. The Kier molecular flexibility index (Phi) is 5.36. The quantitative estimate of drug-likeness (QED) is 0.889. The molecule has 0 aromatic heterocycles. The van der Waals surface area contributed by atoms with Gasteiger partial charge in [-0.25, -0.2) is 0 Å². The number of rotatable bonds is 4. The molecule has 1 saturated heterocycles. The minimum absolute atomic E-state index is 0.169. The van der Waals surface area contributed by atoms with Crippen molar-refractivity contribution < 1.29 is 0 Å². The Labute approximate surface area is 132 Å². The summed E-state index contributed by atoms with van der Waals surface area (Å²) in [5.74, 6) is 0. The smallest absolute Gasteiger partial charge is 0.0452 e. The fourth-order valence-corrected chi connectivity index (χ4v) is 3.01. The van der Waals surface area contributed by atoms with Gasteiger partial charge in [0.15, 0.2) is 0 Å². The lowest BCUT2D eigenvalue weighted by Gasteiger charge is -2.29. The van der Waals surface area contributed by atoms with Crippen LogP contribution in [0.3, 0.4) is 0 Å². The summed E-state index contributed by atoms with van der Waals surface area (Å²) in [5.41, 5.74) is 1.30. The third-order valence-corrected chi connectivity index (χ3v) is 4.35. The van der Waals surface area contributed by atoms with Crippen molar-refractivity contribution in [1.29, 1.82) is 0 Å². The van der Waals surface area contributed by atoms with Crippen LogP contribution in [0.5, 0.6) is 0 Å². The number of hydrogen-bond donors (Lipinski definition) is 1. The lowest BCUT2D eigenvalue weighted by Crippen LogP contribution is -2.45. The highest BCUT2D eigenvalue weighted by molar-refractivity contribution is 6.33. The van der Waals surface area contributed by atoms with E-state index in [4.69, 9.17) is 23.2 Å². The first-order valence-corrected chi connectivity index (χ1v) is 8.04. The Morgan fingerprint density at radius 3 is 2.75 bits per heavy atom. The first kappa shape index (κ1) is 16.1. The molecule has 0 radical (unpaired) electrons. The zero-order chi connectivity index (χ0) is 14.8. The van der Waals surface area contributed by atoms with Crippen molar-refractivity contribution in [2.75, 3.05) is 13.1 Å². The van der Waals surface area contributed by atoms with Crippen LogP contribution >= 0.6 is 23.2 Å². The van der Waals surface area contributed by atoms with E-state index in [1.165, 1.54) is 12.8 Å². The van der Waals surface area contributed by atoms with Gasteiger partial charge in [0, 0.05) is 34.7 Å². The number of hydrogen-bond acceptors (Lipinski definition) is 2. The van der Waals surface area contributed by atoms with Gasteiger partial charge >= 0.3 is 0 Å². The van der Waals surface area contributed by atoms with Gasteiger partial charge in [0.05, 0.1) is 0 Å². The minimum atomic E-state index is 0.169. The third-order valence-electron chi connectivity index (χ3n) is 3.75. The molecule has 1 aromatic rings. The normalized spacial score (nSPS) is 20.6. The van der Waals surface area contributed by atoms with Crippen LogP contribution in [-0.4, -0.2) is 29.6 Å². The van der Waals surface area contributed by atoms with Crippen LogP contribution in [0.4, 0.5) is 0 Å².